The van der Waals surface area contributed by atoms with Gasteiger partial charge in [0, 0.05) is 0 Å². The number of nitriles is 1. The average Bonchev–Trinajstić information content (AvgIpc) is 2.03. The van der Waals surface area contributed by atoms with Crippen molar-refractivity contribution in [2.24, 2.45) is 5.14 Å². The van der Waals surface area contributed by atoms with Gasteiger partial charge >= 0.3 is 0 Å². The second-order valence-corrected chi connectivity index (χ2v) is 4.19. The Labute approximate surface area is 76.7 Å². The smallest absolute Gasteiger partial charge is 0.225 e. The van der Waals surface area contributed by atoms with Crippen LogP contribution in [0, 0.1) is 18.3 Å². The highest BCUT2D eigenvalue weighted by atomic mass is 32.2. The van der Waals surface area contributed by atoms with Crippen LogP contribution >= 0.6 is 0 Å². The molecule has 0 saturated heterocycles. The summed E-state index contributed by atoms with van der Waals surface area (Å²) in [6.45, 7) is 1.73. The molecule has 5 heteroatoms. The highest BCUT2D eigenvalue weighted by Crippen LogP contribution is 2.14. The third-order valence-electron chi connectivity index (χ3n) is 1.56. The van der Waals surface area contributed by atoms with E-state index < -0.39 is 10.0 Å². The third kappa shape index (κ3) is 2.05. The molecule has 1 aromatic carbocycles. The number of nitrogens with two attached hydrogens (primary N) is 1. The van der Waals surface area contributed by atoms with Crippen LogP contribution in [0.5, 0.6) is 0 Å². The number of primary sulfonamides is 1. The van der Waals surface area contributed by atoms with Crippen LogP contribution in [0.1, 0.15) is 11.1 Å². The Hall–Kier alpha value is -1.38. The van der Waals surface area contributed by atoms with E-state index in [1.807, 2.05) is 0 Å². The molecular formula is C8H8N2O2S. The fourth-order valence-corrected chi connectivity index (χ4v) is 1.73. The molecule has 0 spiro atoms. The van der Waals surface area contributed by atoms with E-state index in [4.69, 9.17) is 10.4 Å². The SMILES string of the molecule is Cc1ccc(C#N)c(S(N)(=O)=O)c1. The van der Waals surface area contributed by atoms with Gasteiger partial charge in [-0.05, 0) is 24.6 Å². The summed E-state index contributed by atoms with van der Waals surface area (Å²) in [6.07, 6.45) is 0. The molecule has 0 aliphatic carbocycles. The minimum atomic E-state index is -3.79. The van der Waals surface area contributed by atoms with Gasteiger partial charge in [0.25, 0.3) is 0 Å². The van der Waals surface area contributed by atoms with Gasteiger partial charge in [-0.3, -0.25) is 0 Å². The zero-order valence-corrected chi connectivity index (χ0v) is 7.80. The summed E-state index contributed by atoms with van der Waals surface area (Å²) in [4.78, 5) is -0.116. The van der Waals surface area contributed by atoms with Gasteiger partial charge in [0.1, 0.15) is 6.07 Å². The van der Waals surface area contributed by atoms with Crippen molar-refractivity contribution in [1.29, 1.82) is 5.26 Å². The summed E-state index contributed by atoms with van der Waals surface area (Å²) in [5, 5.41) is 13.5. The predicted molar refractivity (Wildman–Crippen MR) is 47.3 cm³/mol. The quantitative estimate of drug-likeness (QED) is 0.710. The van der Waals surface area contributed by atoms with Gasteiger partial charge in [-0.2, -0.15) is 5.26 Å². The van der Waals surface area contributed by atoms with Gasteiger partial charge in [-0.15, -0.1) is 0 Å². The number of hydrogen-bond acceptors (Lipinski definition) is 3. The first-order valence-corrected chi connectivity index (χ1v) is 5.03. The third-order valence-corrected chi connectivity index (χ3v) is 2.51. The van der Waals surface area contributed by atoms with E-state index in [-0.39, 0.29) is 10.5 Å². The summed E-state index contributed by atoms with van der Waals surface area (Å²) in [7, 11) is -3.79. The molecule has 0 aliphatic heterocycles. The second kappa shape index (κ2) is 3.17. The summed E-state index contributed by atoms with van der Waals surface area (Å²) < 4.78 is 22.0. The largest absolute Gasteiger partial charge is 0.239 e. The van der Waals surface area contributed by atoms with Crippen LogP contribution in [0.3, 0.4) is 0 Å². The Morgan fingerprint density at radius 1 is 1.46 bits per heavy atom. The van der Waals surface area contributed by atoms with E-state index in [0.29, 0.717) is 0 Å². The molecule has 13 heavy (non-hydrogen) atoms. The predicted octanol–water partition coefficient (Wildman–Crippen LogP) is 0.514. The Morgan fingerprint density at radius 2 is 2.08 bits per heavy atom. The van der Waals surface area contributed by atoms with Gasteiger partial charge in [-0.1, -0.05) is 6.07 Å². The van der Waals surface area contributed by atoms with Crippen LogP contribution in [0.25, 0.3) is 0 Å². The Bertz CT molecular complexity index is 471. The van der Waals surface area contributed by atoms with Gasteiger partial charge < -0.3 is 0 Å². The lowest BCUT2D eigenvalue weighted by Gasteiger charge is -2.01. The van der Waals surface area contributed by atoms with Gasteiger partial charge in [0.05, 0.1) is 10.5 Å². The van der Waals surface area contributed by atoms with Crippen molar-refractivity contribution in [3.63, 3.8) is 0 Å². The monoisotopic (exact) mass is 196 g/mol. The number of benzene rings is 1. The molecule has 0 bridgehead atoms. The van der Waals surface area contributed by atoms with Crippen LogP contribution < -0.4 is 5.14 Å². The molecule has 0 amide bonds. The maximum Gasteiger partial charge on any atom is 0.239 e. The van der Waals surface area contributed by atoms with E-state index in [9.17, 15) is 8.42 Å². The van der Waals surface area contributed by atoms with Crippen LogP contribution in [-0.2, 0) is 10.0 Å². The summed E-state index contributed by atoms with van der Waals surface area (Å²) in [5.41, 5.74) is 0.830. The lowest BCUT2D eigenvalue weighted by Crippen LogP contribution is -2.13. The molecule has 0 unspecified atom stereocenters. The average molecular weight is 196 g/mol. The fourth-order valence-electron chi connectivity index (χ4n) is 0.957. The van der Waals surface area contributed by atoms with Crippen molar-refractivity contribution in [3.8, 4) is 6.07 Å². The Kier molecular flexibility index (Phi) is 2.36. The highest BCUT2D eigenvalue weighted by Gasteiger charge is 2.13. The topological polar surface area (TPSA) is 83.9 Å². The zero-order valence-electron chi connectivity index (χ0n) is 6.98. The Balaban J connectivity index is 3.53. The fraction of sp³-hybridized carbons (Fsp3) is 0.125. The number of sulfonamides is 1. The Morgan fingerprint density at radius 3 is 2.54 bits per heavy atom. The number of nitrogens with zero attached hydrogens (tertiary/aromatic N) is 1. The van der Waals surface area contributed by atoms with Gasteiger partial charge in [-0.25, -0.2) is 13.6 Å². The van der Waals surface area contributed by atoms with Crippen molar-refractivity contribution in [2.45, 2.75) is 11.8 Å². The summed E-state index contributed by atoms with van der Waals surface area (Å²) in [6, 6.07) is 6.25. The highest BCUT2D eigenvalue weighted by molar-refractivity contribution is 7.89. The lowest BCUT2D eigenvalue weighted by atomic mass is 10.2. The van der Waals surface area contributed by atoms with Crippen molar-refractivity contribution in [2.75, 3.05) is 0 Å². The molecular weight excluding hydrogens is 188 g/mol. The van der Waals surface area contributed by atoms with Crippen molar-refractivity contribution in [3.05, 3.63) is 29.3 Å². The molecule has 1 aromatic rings. The summed E-state index contributed by atoms with van der Waals surface area (Å²) in [5.74, 6) is 0. The molecule has 0 saturated carbocycles. The van der Waals surface area contributed by atoms with Crippen LogP contribution in [0.4, 0.5) is 0 Å². The normalized spacial score (nSPS) is 10.8. The van der Waals surface area contributed by atoms with Gasteiger partial charge in [0.15, 0.2) is 0 Å². The van der Waals surface area contributed by atoms with Crippen molar-refractivity contribution < 1.29 is 8.42 Å². The first kappa shape index (κ1) is 9.71. The molecule has 0 fully saturated rings. The molecule has 0 atom stereocenters. The molecule has 2 N–H and O–H groups in total. The maximum atomic E-state index is 11.0. The maximum absolute atomic E-state index is 11.0. The number of rotatable bonds is 1. The van der Waals surface area contributed by atoms with E-state index >= 15 is 0 Å². The molecule has 68 valence electrons. The summed E-state index contributed by atoms with van der Waals surface area (Å²) >= 11 is 0. The zero-order chi connectivity index (χ0) is 10.1. The number of aryl methyl sites for hydroxylation is 1. The minimum Gasteiger partial charge on any atom is -0.225 e. The van der Waals surface area contributed by atoms with Crippen LogP contribution in [0.15, 0.2) is 23.1 Å². The van der Waals surface area contributed by atoms with E-state index in [0.717, 1.165) is 5.56 Å². The lowest BCUT2D eigenvalue weighted by molar-refractivity contribution is 0.597. The molecule has 0 radical (unpaired) electrons. The molecule has 0 aromatic heterocycles. The molecule has 0 aliphatic rings. The van der Waals surface area contributed by atoms with Gasteiger partial charge in [0.2, 0.25) is 10.0 Å². The molecule has 4 nitrogen and oxygen atoms in total. The van der Waals surface area contributed by atoms with Crippen molar-refractivity contribution >= 4 is 10.0 Å². The van der Waals surface area contributed by atoms with Crippen LogP contribution in [0.2, 0.25) is 0 Å². The molecule has 1 rings (SSSR count). The first-order chi connectivity index (χ1) is 5.95. The van der Waals surface area contributed by atoms with E-state index in [2.05, 4.69) is 0 Å². The van der Waals surface area contributed by atoms with Crippen LogP contribution in [-0.4, -0.2) is 8.42 Å². The minimum absolute atomic E-state index is 0.0769. The van der Waals surface area contributed by atoms with Crippen molar-refractivity contribution in [1.82, 2.24) is 0 Å². The number of hydrogen-bond donors (Lipinski definition) is 1. The second-order valence-electron chi connectivity index (χ2n) is 2.66. The molecule has 0 heterocycles. The van der Waals surface area contributed by atoms with E-state index in [1.54, 1.807) is 19.1 Å². The first-order valence-electron chi connectivity index (χ1n) is 3.48. The van der Waals surface area contributed by atoms with E-state index in [1.165, 1.54) is 12.1 Å². The standard InChI is InChI=1S/C8H8N2O2S/c1-6-2-3-7(5-9)8(4-6)13(10,11)12/h2-4H,1H3,(H2,10,11,12).